The zero-order chi connectivity index (χ0) is 56.8. The van der Waals surface area contributed by atoms with Crippen molar-refractivity contribution in [2.75, 3.05) is 9.80 Å². The van der Waals surface area contributed by atoms with Gasteiger partial charge in [0.2, 0.25) is 0 Å². The third kappa shape index (κ3) is 8.39. The van der Waals surface area contributed by atoms with Gasteiger partial charge in [0.1, 0.15) is 46.0 Å². The van der Waals surface area contributed by atoms with Gasteiger partial charge in [-0.15, -0.1) is 0 Å². The Labute approximate surface area is 475 Å². The molecule has 0 aromatic heterocycles. The Bertz CT molecular complexity index is 4160. The topological polar surface area (TPSA) is 112 Å². The molecule has 4 amide bonds. The second kappa shape index (κ2) is 20.1. The fourth-order valence-corrected chi connectivity index (χ4v) is 12.0. The van der Waals surface area contributed by atoms with E-state index in [1.54, 1.807) is 24.3 Å². The molecular weight excluding hydrogens is 1020 g/mol. The molecule has 2 heterocycles. The molecule has 82 heavy (non-hydrogen) atoms. The quantitative estimate of drug-likeness (QED) is 0.0601. The number of carbonyl (C=O) groups excluding carboxylic acids is 4. The van der Waals surface area contributed by atoms with Crippen LogP contribution in [0.4, 0.5) is 11.4 Å². The molecule has 0 saturated heterocycles. The number of ether oxygens (including phenoxy) is 4. The molecule has 0 aliphatic carbocycles. The van der Waals surface area contributed by atoms with Crippen LogP contribution in [0.25, 0.3) is 43.1 Å². The van der Waals surface area contributed by atoms with Gasteiger partial charge in [-0.2, -0.15) is 0 Å². The highest BCUT2D eigenvalue weighted by Gasteiger charge is 2.43. The van der Waals surface area contributed by atoms with Crippen LogP contribution in [-0.4, -0.2) is 23.6 Å². The standard InChI is InChI=1S/C72H58N2O8/c1-39(2)43-32-44(40(3)4)34-45(33-43)73-69(75)52-35-56(79-46-22-13-9-14-23-46)62-64-58(81-48-26-17-11-18-27-48)37-54-61-55(72(78)74(71(54)77)68-50(41(5)6)30-21-31-51(68)42(7)8)38-59(82-49-28-19-12-20-29-49)65(67(61)64)63-57(80-47-24-15-10-16-25-47)36-53(70(73)76)60(52)66(62)63/h9-42H,1-8H3. The predicted octanol–water partition coefficient (Wildman–Crippen LogP) is 19.0. The lowest BCUT2D eigenvalue weighted by atomic mass is 9.80. The van der Waals surface area contributed by atoms with Crippen molar-refractivity contribution in [1.82, 2.24) is 0 Å². The summed E-state index contributed by atoms with van der Waals surface area (Å²) in [5, 5.41) is 3.39. The first-order chi connectivity index (χ1) is 39.7. The van der Waals surface area contributed by atoms with E-state index in [-0.39, 0.29) is 68.9 Å². The zero-order valence-electron chi connectivity index (χ0n) is 46.8. The first-order valence-corrected chi connectivity index (χ1v) is 28.0. The molecule has 0 saturated carbocycles. The van der Waals surface area contributed by atoms with Crippen molar-refractivity contribution in [1.29, 1.82) is 0 Å². The lowest BCUT2D eigenvalue weighted by molar-refractivity contribution is 0.0877. The fourth-order valence-electron chi connectivity index (χ4n) is 12.0. The van der Waals surface area contributed by atoms with E-state index < -0.39 is 23.6 Å². The SMILES string of the molecule is CC(C)c1cc(C(C)C)cc(N2C(=O)c3cc(Oc4ccccc4)c4c5c(Oc6ccccc6)cc6c7c(cc(Oc8ccccc8)c(c8c(Oc9ccccc9)cc(c3c48)C2=O)c75)C(=O)N(c2c(C(C)C)cccc2C(C)C)C6=O)c1. The highest BCUT2D eigenvalue weighted by Crippen LogP contribution is 2.58. The molecule has 0 atom stereocenters. The van der Waals surface area contributed by atoms with Crippen LogP contribution < -0.4 is 28.7 Å². The smallest absolute Gasteiger partial charge is 0.266 e. The molecule has 2 aliphatic heterocycles. The Morgan fingerprint density at radius 3 is 0.866 bits per heavy atom. The number of anilines is 2. The van der Waals surface area contributed by atoms with Gasteiger partial charge in [-0.25, -0.2) is 9.80 Å². The normalized spacial score (nSPS) is 13.4. The maximum atomic E-state index is 16.1. The third-order valence-electron chi connectivity index (χ3n) is 15.9. The molecule has 0 radical (unpaired) electrons. The van der Waals surface area contributed by atoms with Crippen LogP contribution in [0.5, 0.6) is 46.0 Å². The number of para-hydroxylation sites is 5. The minimum Gasteiger partial charge on any atom is -0.457 e. The maximum Gasteiger partial charge on any atom is 0.266 e. The molecule has 11 aromatic carbocycles. The maximum absolute atomic E-state index is 16.1. The molecule has 0 unspecified atom stereocenters. The Hall–Kier alpha value is -9.80. The largest absolute Gasteiger partial charge is 0.457 e. The number of amides is 4. The van der Waals surface area contributed by atoms with Gasteiger partial charge >= 0.3 is 0 Å². The van der Waals surface area contributed by atoms with Crippen molar-refractivity contribution in [3.05, 3.63) is 226 Å². The van der Waals surface area contributed by atoms with Gasteiger partial charge in [-0.3, -0.25) is 19.2 Å². The summed E-state index contributed by atoms with van der Waals surface area (Å²) in [5.74, 6) is 0.755. The van der Waals surface area contributed by atoms with Crippen LogP contribution in [-0.2, 0) is 0 Å². The van der Waals surface area contributed by atoms with Crippen molar-refractivity contribution in [2.45, 2.75) is 79.1 Å². The molecule has 2 aliphatic rings. The minimum atomic E-state index is -0.545. The molecule has 10 heteroatoms. The van der Waals surface area contributed by atoms with Crippen molar-refractivity contribution in [2.24, 2.45) is 0 Å². The lowest BCUT2D eigenvalue weighted by Crippen LogP contribution is -2.42. The van der Waals surface area contributed by atoms with E-state index in [9.17, 15) is 0 Å². The number of fused-ring (bicyclic) bond motifs is 2. The van der Waals surface area contributed by atoms with Gasteiger partial charge in [-0.1, -0.05) is 152 Å². The van der Waals surface area contributed by atoms with E-state index >= 15 is 19.2 Å². The molecular formula is C72H58N2O8. The first kappa shape index (κ1) is 51.6. The van der Waals surface area contributed by atoms with Crippen LogP contribution in [0.1, 0.15) is 143 Å². The van der Waals surface area contributed by atoms with E-state index in [0.717, 1.165) is 22.3 Å². The number of hydrogen-bond donors (Lipinski definition) is 0. The minimum absolute atomic E-state index is 0.0572. The Morgan fingerprint density at radius 1 is 0.293 bits per heavy atom. The molecule has 0 fully saturated rings. The highest BCUT2D eigenvalue weighted by atomic mass is 16.5. The molecule has 11 aromatic rings. The molecule has 10 nitrogen and oxygen atoms in total. The average Bonchev–Trinajstić information content (AvgIpc) is 1.47. The van der Waals surface area contributed by atoms with Gasteiger partial charge < -0.3 is 18.9 Å². The molecule has 404 valence electrons. The third-order valence-corrected chi connectivity index (χ3v) is 15.9. The van der Waals surface area contributed by atoms with E-state index in [1.807, 2.05) is 152 Å². The van der Waals surface area contributed by atoms with Gasteiger partial charge in [0.15, 0.2) is 0 Å². The van der Waals surface area contributed by atoms with Crippen molar-refractivity contribution >= 4 is 78.1 Å². The van der Waals surface area contributed by atoms with Gasteiger partial charge in [0, 0.05) is 43.1 Å². The van der Waals surface area contributed by atoms with Crippen LogP contribution in [0.2, 0.25) is 0 Å². The summed E-state index contributed by atoms with van der Waals surface area (Å²) in [5.41, 5.74) is 5.50. The second-order valence-corrected chi connectivity index (χ2v) is 22.5. The molecule has 13 rings (SSSR count). The summed E-state index contributed by atoms with van der Waals surface area (Å²) in [6.07, 6.45) is 0. The van der Waals surface area contributed by atoms with E-state index in [2.05, 4.69) is 61.5 Å². The Morgan fingerprint density at radius 2 is 0.585 bits per heavy atom. The number of nitrogens with zero attached hydrogens (tertiary/aromatic N) is 2. The van der Waals surface area contributed by atoms with Crippen LogP contribution in [0.15, 0.2) is 182 Å². The summed E-state index contributed by atoms with van der Waals surface area (Å²) in [7, 11) is 0. The van der Waals surface area contributed by atoms with Crippen LogP contribution in [0.3, 0.4) is 0 Å². The number of imide groups is 2. The lowest BCUT2D eigenvalue weighted by Gasteiger charge is -2.34. The summed E-state index contributed by atoms with van der Waals surface area (Å²) >= 11 is 0. The molecule has 0 bridgehead atoms. The first-order valence-electron chi connectivity index (χ1n) is 28.0. The van der Waals surface area contributed by atoms with Crippen LogP contribution in [0, 0.1) is 0 Å². The Kier molecular flexibility index (Phi) is 12.6. The average molecular weight is 1080 g/mol. The molecule has 0 N–H and O–H groups in total. The van der Waals surface area contributed by atoms with Crippen molar-refractivity contribution in [3.63, 3.8) is 0 Å². The van der Waals surface area contributed by atoms with Gasteiger partial charge in [0.05, 0.1) is 33.6 Å². The van der Waals surface area contributed by atoms with Crippen molar-refractivity contribution < 1.29 is 38.1 Å². The van der Waals surface area contributed by atoms with E-state index in [4.69, 9.17) is 18.9 Å². The summed E-state index contributed by atoms with van der Waals surface area (Å²) in [6.45, 7) is 16.6. The summed E-state index contributed by atoms with van der Waals surface area (Å²) < 4.78 is 28.5. The van der Waals surface area contributed by atoms with E-state index in [0.29, 0.717) is 77.5 Å². The fraction of sp³-hybridized carbons (Fsp3) is 0.167. The Balaban J connectivity index is 1.24. The van der Waals surface area contributed by atoms with E-state index in [1.165, 1.54) is 9.80 Å². The summed E-state index contributed by atoms with van der Waals surface area (Å²) in [6, 6.07) is 56.0. The van der Waals surface area contributed by atoms with Crippen LogP contribution >= 0.6 is 0 Å². The molecule has 0 spiro atoms. The zero-order valence-corrected chi connectivity index (χ0v) is 46.8. The van der Waals surface area contributed by atoms with Gasteiger partial charge in [0.25, 0.3) is 23.6 Å². The van der Waals surface area contributed by atoms with Crippen molar-refractivity contribution in [3.8, 4) is 46.0 Å². The summed E-state index contributed by atoms with van der Waals surface area (Å²) in [4.78, 5) is 66.6. The monoisotopic (exact) mass is 1080 g/mol. The number of rotatable bonds is 14. The number of carbonyl (C=O) groups is 4. The highest BCUT2D eigenvalue weighted by molar-refractivity contribution is 6.48. The predicted molar refractivity (Wildman–Crippen MR) is 325 cm³/mol. The number of benzene rings is 11. The van der Waals surface area contributed by atoms with Gasteiger partial charge in [-0.05, 0) is 131 Å². The second-order valence-electron chi connectivity index (χ2n) is 22.5. The number of hydrogen-bond acceptors (Lipinski definition) is 8.